The minimum absolute atomic E-state index is 0.205. The average molecular weight is 375 g/mol. The molecule has 0 spiro atoms. The van der Waals surface area contributed by atoms with Crippen molar-refractivity contribution in [3.63, 3.8) is 0 Å². The summed E-state index contributed by atoms with van der Waals surface area (Å²) >= 11 is 5.89. The van der Waals surface area contributed by atoms with Crippen LogP contribution in [0.25, 0.3) is 0 Å². The smallest absolute Gasteiger partial charge is 0.256 e. The van der Waals surface area contributed by atoms with Crippen molar-refractivity contribution >= 4 is 28.9 Å². The SMILES string of the molecule is CN(C)c1ccccc1C#Cc1ccccc1C(=O)Nc1ccc(Cl)cc1. The molecule has 3 aromatic rings. The zero-order valence-electron chi connectivity index (χ0n) is 15.2. The van der Waals surface area contributed by atoms with Crippen molar-refractivity contribution in [2.24, 2.45) is 0 Å². The van der Waals surface area contributed by atoms with E-state index in [0.29, 0.717) is 21.8 Å². The number of hydrogen-bond acceptors (Lipinski definition) is 2. The lowest BCUT2D eigenvalue weighted by Crippen LogP contribution is -2.13. The number of nitrogens with zero attached hydrogens (tertiary/aromatic N) is 1. The van der Waals surface area contributed by atoms with Gasteiger partial charge in [0.25, 0.3) is 5.91 Å². The van der Waals surface area contributed by atoms with Crippen LogP contribution in [0.2, 0.25) is 5.02 Å². The third-order valence-electron chi connectivity index (χ3n) is 3.99. The van der Waals surface area contributed by atoms with Crippen molar-refractivity contribution in [3.8, 4) is 11.8 Å². The Morgan fingerprint density at radius 3 is 2.15 bits per heavy atom. The van der Waals surface area contributed by atoms with E-state index in [1.54, 1.807) is 30.3 Å². The topological polar surface area (TPSA) is 32.3 Å². The third-order valence-corrected chi connectivity index (χ3v) is 4.24. The maximum atomic E-state index is 12.7. The predicted octanol–water partition coefficient (Wildman–Crippen LogP) is 5.06. The van der Waals surface area contributed by atoms with Gasteiger partial charge in [0.15, 0.2) is 0 Å². The number of anilines is 2. The second-order valence-corrected chi connectivity index (χ2v) is 6.60. The van der Waals surface area contributed by atoms with Crippen LogP contribution in [-0.4, -0.2) is 20.0 Å². The van der Waals surface area contributed by atoms with Crippen molar-refractivity contribution < 1.29 is 4.79 Å². The molecule has 0 saturated carbocycles. The summed E-state index contributed by atoms with van der Waals surface area (Å²) in [4.78, 5) is 14.7. The number of nitrogens with one attached hydrogen (secondary N) is 1. The maximum absolute atomic E-state index is 12.7. The van der Waals surface area contributed by atoms with Crippen LogP contribution in [0, 0.1) is 11.8 Å². The van der Waals surface area contributed by atoms with Gasteiger partial charge in [-0.1, -0.05) is 47.7 Å². The van der Waals surface area contributed by atoms with Gasteiger partial charge in [-0.2, -0.15) is 0 Å². The van der Waals surface area contributed by atoms with E-state index in [9.17, 15) is 4.79 Å². The lowest BCUT2D eigenvalue weighted by molar-refractivity contribution is 0.102. The largest absolute Gasteiger partial charge is 0.377 e. The molecule has 0 unspecified atom stereocenters. The summed E-state index contributed by atoms with van der Waals surface area (Å²) < 4.78 is 0. The van der Waals surface area contributed by atoms with Gasteiger partial charge in [0, 0.05) is 35.9 Å². The molecule has 1 amide bonds. The Kier molecular flexibility index (Phi) is 5.80. The van der Waals surface area contributed by atoms with E-state index in [1.165, 1.54) is 0 Å². The molecule has 3 rings (SSSR count). The number of halogens is 1. The van der Waals surface area contributed by atoms with E-state index >= 15 is 0 Å². The third kappa shape index (κ3) is 4.69. The molecule has 0 fully saturated rings. The first-order valence-corrected chi connectivity index (χ1v) is 8.87. The molecule has 0 atom stereocenters. The summed E-state index contributed by atoms with van der Waals surface area (Å²) in [5.74, 6) is 6.12. The molecule has 3 nitrogen and oxygen atoms in total. The van der Waals surface area contributed by atoms with Gasteiger partial charge in [0.1, 0.15) is 0 Å². The predicted molar refractivity (Wildman–Crippen MR) is 113 cm³/mol. The number of amides is 1. The molecule has 0 bridgehead atoms. The summed E-state index contributed by atoms with van der Waals surface area (Å²) in [6.45, 7) is 0. The Morgan fingerprint density at radius 2 is 1.44 bits per heavy atom. The number of hydrogen-bond donors (Lipinski definition) is 1. The molecule has 0 radical (unpaired) electrons. The normalized spacial score (nSPS) is 9.89. The van der Waals surface area contributed by atoms with Crippen LogP contribution < -0.4 is 10.2 Å². The maximum Gasteiger partial charge on any atom is 0.256 e. The molecule has 0 heterocycles. The van der Waals surface area contributed by atoms with Gasteiger partial charge < -0.3 is 10.2 Å². The van der Waals surface area contributed by atoms with E-state index in [0.717, 1.165) is 11.3 Å². The molecule has 0 aromatic heterocycles. The quantitative estimate of drug-likeness (QED) is 0.650. The minimum Gasteiger partial charge on any atom is -0.377 e. The van der Waals surface area contributed by atoms with Crippen LogP contribution in [0.1, 0.15) is 21.5 Å². The van der Waals surface area contributed by atoms with Gasteiger partial charge in [-0.15, -0.1) is 0 Å². The molecule has 27 heavy (non-hydrogen) atoms. The van der Waals surface area contributed by atoms with Crippen LogP contribution in [0.5, 0.6) is 0 Å². The zero-order valence-corrected chi connectivity index (χ0v) is 15.9. The molecule has 1 N–H and O–H groups in total. The standard InChI is InChI=1S/C23H19ClN2O/c1-26(2)22-10-6-4-8-18(22)12-11-17-7-3-5-9-21(17)23(27)25-20-15-13-19(24)14-16-20/h3-10,13-16H,1-2H3,(H,25,27). The fourth-order valence-electron chi connectivity index (χ4n) is 2.63. The van der Waals surface area contributed by atoms with Gasteiger partial charge in [-0.05, 0) is 48.5 Å². The van der Waals surface area contributed by atoms with E-state index in [4.69, 9.17) is 11.6 Å². The Balaban J connectivity index is 1.89. The fraction of sp³-hybridized carbons (Fsp3) is 0.0870. The average Bonchev–Trinajstić information content (AvgIpc) is 2.68. The second-order valence-electron chi connectivity index (χ2n) is 6.17. The first-order chi connectivity index (χ1) is 13.0. The van der Waals surface area contributed by atoms with E-state index in [-0.39, 0.29) is 5.91 Å². The van der Waals surface area contributed by atoms with Gasteiger partial charge in [-0.25, -0.2) is 0 Å². The molecule has 3 aromatic carbocycles. The second kappa shape index (κ2) is 8.44. The van der Waals surface area contributed by atoms with E-state index in [2.05, 4.69) is 17.2 Å². The highest BCUT2D eigenvalue weighted by Crippen LogP contribution is 2.18. The minimum atomic E-state index is -0.205. The van der Waals surface area contributed by atoms with Crippen LogP contribution in [0.4, 0.5) is 11.4 Å². The molecule has 0 aliphatic carbocycles. The summed E-state index contributed by atoms with van der Waals surface area (Å²) in [6, 6.07) is 22.3. The van der Waals surface area contributed by atoms with Gasteiger partial charge in [-0.3, -0.25) is 4.79 Å². The molecule has 0 saturated heterocycles. The van der Waals surface area contributed by atoms with Crippen molar-refractivity contribution in [2.75, 3.05) is 24.3 Å². The van der Waals surface area contributed by atoms with Gasteiger partial charge in [0.2, 0.25) is 0 Å². The van der Waals surface area contributed by atoms with Crippen LogP contribution in [0.3, 0.4) is 0 Å². The highest BCUT2D eigenvalue weighted by atomic mass is 35.5. The Labute approximate surface area is 164 Å². The molecule has 134 valence electrons. The van der Waals surface area contributed by atoms with E-state index in [1.807, 2.05) is 61.5 Å². The Hall–Kier alpha value is -3.22. The number of carbonyl (C=O) groups excluding carboxylic acids is 1. The molecular weight excluding hydrogens is 356 g/mol. The summed E-state index contributed by atoms with van der Waals surface area (Å²) in [7, 11) is 3.96. The molecule has 0 aliphatic rings. The Morgan fingerprint density at radius 1 is 0.852 bits per heavy atom. The number of para-hydroxylation sites is 1. The number of benzene rings is 3. The zero-order chi connectivity index (χ0) is 19.2. The van der Waals surface area contributed by atoms with Crippen molar-refractivity contribution in [1.82, 2.24) is 0 Å². The van der Waals surface area contributed by atoms with E-state index < -0.39 is 0 Å². The summed E-state index contributed by atoms with van der Waals surface area (Å²) in [5, 5.41) is 3.50. The Bertz CT molecular complexity index is 1010. The molecule has 4 heteroatoms. The summed E-state index contributed by atoms with van der Waals surface area (Å²) in [6.07, 6.45) is 0. The highest BCUT2D eigenvalue weighted by Gasteiger charge is 2.10. The first kappa shape index (κ1) is 18.6. The lowest BCUT2D eigenvalue weighted by atomic mass is 10.1. The summed E-state index contributed by atoms with van der Waals surface area (Å²) in [5.41, 5.74) is 3.84. The van der Waals surface area contributed by atoms with Crippen molar-refractivity contribution in [2.45, 2.75) is 0 Å². The first-order valence-electron chi connectivity index (χ1n) is 8.49. The highest BCUT2D eigenvalue weighted by molar-refractivity contribution is 6.30. The fourth-order valence-corrected chi connectivity index (χ4v) is 2.75. The molecular formula is C23H19ClN2O. The molecule has 0 aliphatic heterocycles. The van der Waals surface area contributed by atoms with Crippen molar-refractivity contribution in [3.05, 3.63) is 94.5 Å². The number of rotatable bonds is 3. The van der Waals surface area contributed by atoms with Crippen LogP contribution >= 0.6 is 11.6 Å². The van der Waals surface area contributed by atoms with Crippen LogP contribution in [-0.2, 0) is 0 Å². The van der Waals surface area contributed by atoms with Crippen molar-refractivity contribution in [1.29, 1.82) is 0 Å². The number of carbonyl (C=O) groups is 1. The monoisotopic (exact) mass is 374 g/mol. The van der Waals surface area contributed by atoms with Crippen LogP contribution in [0.15, 0.2) is 72.8 Å². The van der Waals surface area contributed by atoms with Gasteiger partial charge >= 0.3 is 0 Å². The lowest BCUT2D eigenvalue weighted by Gasteiger charge is -2.14. The van der Waals surface area contributed by atoms with Gasteiger partial charge in [0.05, 0.1) is 11.3 Å².